The van der Waals surface area contributed by atoms with Crippen molar-refractivity contribution in [2.75, 3.05) is 0 Å². The number of para-hydroxylation sites is 1. The maximum Gasteiger partial charge on any atom is 0.162 e. The van der Waals surface area contributed by atoms with Crippen molar-refractivity contribution in [2.45, 2.75) is 25.0 Å². The molecule has 3 N–H and O–H groups in total. The largest absolute Gasteiger partial charge is 0.488 e. The predicted octanol–water partition coefficient (Wildman–Crippen LogP) is 2.34. The Hall–Kier alpha value is -1.98. The number of nitrogens with two attached hydrogens (primary N) is 1. The Morgan fingerprint density at radius 2 is 2.00 bits per heavy atom. The van der Waals surface area contributed by atoms with Gasteiger partial charge in [-0.15, -0.1) is 0 Å². The molecule has 0 spiro atoms. The topological polar surface area (TPSA) is 47.3 Å². The van der Waals surface area contributed by atoms with E-state index in [2.05, 4.69) is 5.43 Å². The first-order valence-electron chi connectivity index (χ1n) is 6.82. The standard InChI is InChI=1S/C16H16F2N2O/c17-12-6-3-5-11(16(12)18)8-13(20-19)15-9-10-4-1-2-7-14(10)21-15/h1-7,13,15,20H,8-9,19H2. The molecule has 3 rings (SSSR count). The highest BCUT2D eigenvalue weighted by Crippen LogP contribution is 2.30. The molecule has 2 aromatic rings. The van der Waals surface area contributed by atoms with Crippen LogP contribution in [0, 0.1) is 11.6 Å². The van der Waals surface area contributed by atoms with Gasteiger partial charge >= 0.3 is 0 Å². The van der Waals surface area contributed by atoms with E-state index in [1.54, 1.807) is 6.07 Å². The van der Waals surface area contributed by atoms with Crippen LogP contribution in [-0.4, -0.2) is 12.1 Å². The maximum atomic E-state index is 13.8. The molecule has 21 heavy (non-hydrogen) atoms. The highest BCUT2D eigenvalue weighted by atomic mass is 19.2. The van der Waals surface area contributed by atoms with E-state index >= 15 is 0 Å². The fourth-order valence-electron chi connectivity index (χ4n) is 2.67. The summed E-state index contributed by atoms with van der Waals surface area (Å²) in [6, 6.07) is 11.6. The minimum atomic E-state index is -0.848. The first kappa shape index (κ1) is 14.0. The molecule has 110 valence electrons. The van der Waals surface area contributed by atoms with Crippen LogP contribution in [0.25, 0.3) is 0 Å². The Bertz CT molecular complexity index is 623. The Morgan fingerprint density at radius 3 is 2.76 bits per heavy atom. The van der Waals surface area contributed by atoms with Crippen molar-refractivity contribution in [3.8, 4) is 5.75 Å². The van der Waals surface area contributed by atoms with Gasteiger partial charge in [-0.05, 0) is 29.7 Å². The minimum Gasteiger partial charge on any atom is -0.488 e. The van der Waals surface area contributed by atoms with Crippen molar-refractivity contribution in [3.05, 3.63) is 65.2 Å². The molecule has 2 unspecified atom stereocenters. The molecule has 1 heterocycles. The average Bonchev–Trinajstić information content (AvgIpc) is 2.92. The van der Waals surface area contributed by atoms with Crippen LogP contribution in [0.1, 0.15) is 11.1 Å². The molecular weight excluding hydrogens is 274 g/mol. The van der Waals surface area contributed by atoms with Gasteiger partial charge in [0.05, 0.1) is 6.04 Å². The molecule has 5 heteroatoms. The van der Waals surface area contributed by atoms with Gasteiger partial charge in [-0.25, -0.2) is 8.78 Å². The van der Waals surface area contributed by atoms with Crippen molar-refractivity contribution in [2.24, 2.45) is 5.84 Å². The molecule has 1 aliphatic rings. The van der Waals surface area contributed by atoms with E-state index in [1.165, 1.54) is 6.07 Å². The zero-order valence-corrected chi connectivity index (χ0v) is 11.4. The molecule has 2 aromatic carbocycles. The molecule has 0 radical (unpaired) electrons. The number of rotatable bonds is 4. The molecule has 0 bridgehead atoms. The van der Waals surface area contributed by atoms with Gasteiger partial charge in [0.1, 0.15) is 11.9 Å². The van der Waals surface area contributed by atoms with Gasteiger partial charge in [-0.3, -0.25) is 11.3 Å². The summed E-state index contributed by atoms with van der Waals surface area (Å²) in [6.07, 6.45) is 0.760. The quantitative estimate of drug-likeness (QED) is 0.671. The lowest BCUT2D eigenvalue weighted by molar-refractivity contribution is 0.176. The van der Waals surface area contributed by atoms with Crippen LogP contribution in [0.3, 0.4) is 0 Å². The van der Waals surface area contributed by atoms with E-state index < -0.39 is 11.6 Å². The molecule has 0 saturated heterocycles. The van der Waals surface area contributed by atoms with E-state index in [4.69, 9.17) is 10.6 Å². The number of hydrogen-bond donors (Lipinski definition) is 2. The number of benzene rings is 2. The summed E-state index contributed by atoms with van der Waals surface area (Å²) < 4.78 is 32.9. The molecule has 2 atom stereocenters. The first-order valence-corrected chi connectivity index (χ1v) is 6.82. The van der Waals surface area contributed by atoms with E-state index in [1.807, 2.05) is 24.3 Å². The summed E-state index contributed by atoms with van der Waals surface area (Å²) >= 11 is 0. The lowest BCUT2D eigenvalue weighted by atomic mass is 9.98. The van der Waals surface area contributed by atoms with Crippen LogP contribution in [0.2, 0.25) is 0 Å². The van der Waals surface area contributed by atoms with E-state index in [9.17, 15) is 8.78 Å². The predicted molar refractivity (Wildman–Crippen MR) is 75.7 cm³/mol. The molecule has 3 nitrogen and oxygen atoms in total. The third kappa shape index (κ3) is 2.75. The molecule has 0 fully saturated rings. The third-order valence-electron chi connectivity index (χ3n) is 3.81. The Labute approximate surface area is 121 Å². The second-order valence-electron chi connectivity index (χ2n) is 5.16. The second-order valence-corrected chi connectivity index (χ2v) is 5.16. The monoisotopic (exact) mass is 290 g/mol. The summed E-state index contributed by atoms with van der Waals surface area (Å²) in [5.74, 6) is 4.73. The van der Waals surface area contributed by atoms with Crippen LogP contribution in [-0.2, 0) is 12.8 Å². The second kappa shape index (κ2) is 5.79. The lowest BCUT2D eigenvalue weighted by Gasteiger charge is -2.22. The average molecular weight is 290 g/mol. The number of hydrazine groups is 1. The first-order chi connectivity index (χ1) is 10.2. The van der Waals surface area contributed by atoms with E-state index in [0.717, 1.165) is 17.4 Å². The maximum absolute atomic E-state index is 13.8. The molecule has 0 saturated carbocycles. The molecule has 0 aliphatic carbocycles. The van der Waals surface area contributed by atoms with Gasteiger partial charge in [0.25, 0.3) is 0 Å². The zero-order valence-electron chi connectivity index (χ0n) is 11.4. The van der Waals surface area contributed by atoms with Crippen molar-refractivity contribution in [1.29, 1.82) is 0 Å². The van der Waals surface area contributed by atoms with Crippen LogP contribution in [0.15, 0.2) is 42.5 Å². The summed E-state index contributed by atoms with van der Waals surface area (Å²) in [7, 11) is 0. The van der Waals surface area contributed by atoms with Crippen LogP contribution in [0.4, 0.5) is 8.78 Å². The highest BCUT2D eigenvalue weighted by Gasteiger charge is 2.30. The van der Waals surface area contributed by atoms with Gasteiger partial charge in [0.2, 0.25) is 0 Å². The minimum absolute atomic E-state index is 0.199. The molecule has 0 amide bonds. The van der Waals surface area contributed by atoms with Crippen molar-refractivity contribution >= 4 is 0 Å². The number of ether oxygens (including phenoxy) is 1. The summed E-state index contributed by atoms with van der Waals surface area (Å²) in [6.45, 7) is 0. The molecular formula is C16H16F2N2O. The smallest absolute Gasteiger partial charge is 0.162 e. The van der Waals surface area contributed by atoms with Gasteiger partial charge < -0.3 is 4.74 Å². The number of nitrogens with one attached hydrogen (secondary N) is 1. The fourth-order valence-corrected chi connectivity index (χ4v) is 2.67. The van der Waals surface area contributed by atoms with Gasteiger partial charge in [-0.2, -0.15) is 0 Å². The van der Waals surface area contributed by atoms with Crippen molar-refractivity contribution in [3.63, 3.8) is 0 Å². The number of halogens is 2. The normalized spacial score (nSPS) is 18.1. The lowest BCUT2D eigenvalue weighted by Crippen LogP contribution is -2.47. The Balaban J connectivity index is 1.77. The third-order valence-corrected chi connectivity index (χ3v) is 3.81. The fraction of sp³-hybridized carbons (Fsp3) is 0.250. The SMILES string of the molecule is NNC(Cc1cccc(F)c1F)C1Cc2ccccc2O1. The van der Waals surface area contributed by atoms with Crippen molar-refractivity contribution < 1.29 is 13.5 Å². The van der Waals surface area contributed by atoms with Gasteiger partial charge in [0.15, 0.2) is 11.6 Å². The van der Waals surface area contributed by atoms with Crippen LogP contribution in [0.5, 0.6) is 5.75 Å². The van der Waals surface area contributed by atoms with Crippen LogP contribution < -0.4 is 16.0 Å². The summed E-state index contributed by atoms with van der Waals surface area (Å²) in [4.78, 5) is 0. The van der Waals surface area contributed by atoms with Crippen LogP contribution >= 0.6 is 0 Å². The zero-order chi connectivity index (χ0) is 14.8. The Kier molecular flexibility index (Phi) is 3.86. The molecule has 0 aromatic heterocycles. The summed E-state index contributed by atoms with van der Waals surface area (Å²) in [5, 5.41) is 0. The van der Waals surface area contributed by atoms with Gasteiger partial charge in [0, 0.05) is 6.42 Å². The number of hydrogen-bond acceptors (Lipinski definition) is 3. The molecule has 1 aliphatic heterocycles. The van der Waals surface area contributed by atoms with E-state index in [0.29, 0.717) is 6.42 Å². The van der Waals surface area contributed by atoms with E-state index in [-0.39, 0.29) is 24.1 Å². The van der Waals surface area contributed by atoms with Crippen molar-refractivity contribution in [1.82, 2.24) is 5.43 Å². The summed E-state index contributed by atoms with van der Waals surface area (Å²) in [5.41, 5.74) is 4.05. The van der Waals surface area contributed by atoms with Gasteiger partial charge in [-0.1, -0.05) is 30.3 Å². The highest BCUT2D eigenvalue weighted by molar-refractivity contribution is 5.38. The number of fused-ring (bicyclic) bond motifs is 1. The Morgan fingerprint density at radius 1 is 1.19 bits per heavy atom.